The molecule has 2 fully saturated rings. The maximum absolute atomic E-state index is 13.0. The Hall–Kier alpha value is -3.00. The van der Waals surface area contributed by atoms with E-state index in [1.54, 1.807) is 11.3 Å². The monoisotopic (exact) mass is 604 g/mol. The smallest absolute Gasteiger partial charge is 0.302 e. The van der Waals surface area contributed by atoms with Crippen molar-refractivity contribution in [2.75, 3.05) is 31.1 Å². The van der Waals surface area contributed by atoms with Gasteiger partial charge in [-0.2, -0.15) is 4.99 Å². The Kier molecular flexibility index (Phi) is 6.49. The maximum Gasteiger partial charge on any atom is 0.302 e. The second-order valence-electron chi connectivity index (χ2n) is 8.76. The molecule has 0 radical (unpaired) electrons. The van der Waals surface area contributed by atoms with Crippen LogP contribution in [0.25, 0.3) is 10.1 Å². The van der Waals surface area contributed by atoms with Crippen molar-refractivity contribution in [3.05, 3.63) is 46.6 Å². The molecule has 1 aromatic carbocycles. The number of guanidine groups is 1. The number of hydrogen-bond donors (Lipinski definition) is 4. The highest BCUT2D eigenvalue weighted by molar-refractivity contribution is 14.1. The summed E-state index contributed by atoms with van der Waals surface area (Å²) < 4.78 is 1.71. The number of piperidine rings is 1. The van der Waals surface area contributed by atoms with Gasteiger partial charge in [0.25, 0.3) is 0 Å². The molecular weight excluding hydrogens is 579 g/mol. The molecule has 0 atom stereocenters. The number of nitrogens with zero attached hydrogens (tertiary/aromatic N) is 4. The molecule has 1 spiro atoms. The largest absolute Gasteiger partial charge is 0.382 e. The number of halogens is 1. The molecular formula is C23H25IN8O2S. The normalized spacial score (nSPS) is 18.1. The summed E-state index contributed by atoms with van der Waals surface area (Å²) in [5.41, 5.74) is 13.0. The number of rotatable bonds is 4. The molecule has 3 aromatic rings. The summed E-state index contributed by atoms with van der Waals surface area (Å²) in [7, 11) is 0. The number of carbonyl (C=O) groups is 2. The molecule has 2 amide bonds. The molecule has 5 rings (SSSR count). The predicted octanol–water partition coefficient (Wildman–Crippen LogP) is 2.08. The lowest BCUT2D eigenvalue weighted by Crippen LogP contribution is -2.54. The molecule has 0 aliphatic carbocycles. The summed E-state index contributed by atoms with van der Waals surface area (Å²) in [4.78, 5) is 40.0. The third kappa shape index (κ3) is 4.76. The van der Waals surface area contributed by atoms with Crippen LogP contribution in [-0.2, 0) is 15.6 Å². The first kappa shape index (κ1) is 23.7. The van der Waals surface area contributed by atoms with Gasteiger partial charge in [0.05, 0.1) is 17.7 Å². The van der Waals surface area contributed by atoms with Crippen LogP contribution in [0, 0.1) is 0 Å². The summed E-state index contributed by atoms with van der Waals surface area (Å²) in [6.45, 7) is 1.91. The van der Waals surface area contributed by atoms with Crippen molar-refractivity contribution in [1.82, 2.24) is 25.5 Å². The van der Waals surface area contributed by atoms with E-state index >= 15 is 0 Å². The Balaban J connectivity index is 1.21. The van der Waals surface area contributed by atoms with Crippen LogP contribution >= 0.6 is 33.9 Å². The van der Waals surface area contributed by atoms with Gasteiger partial charge in [-0.05, 0) is 35.2 Å². The summed E-state index contributed by atoms with van der Waals surface area (Å²) in [5.74, 6) is 0.119. The minimum absolute atomic E-state index is 0.00992. The lowest BCUT2D eigenvalue weighted by Gasteiger charge is -2.38. The molecule has 6 N–H and O–H groups in total. The van der Waals surface area contributed by atoms with Crippen LogP contribution in [-0.4, -0.2) is 57.8 Å². The van der Waals surface area contributed by atoms with Crippen LogP contribution in [0.15, 0.2) is 34.6 Å². The third-order valence-electron chi connectivity index (χ3n) is 6.52. The molecule has 0 bridgehead atoms. The molecule has 0 unspecified atom stereocenters. The summed E-state index contributed by atoms with van der Waals surface area (Å²) in [6, 6.07) is 8.18. The average Bonchev–Trinajstić information content (AvgIpc) is 3.43. The van der Waals surface area contributed by atoms with Crippen molar-refractivity contribution in [1.29, 1.82) is 0 Å². The molecule has 182 valence electrons. The number of fused-ring (bicyclic) bond motifs is 1. The van der Waals surface area contributed by atoms with Gasteiger partial charge in [0, 0.05) is 28.8 Å². The van der Waals surface area contributed by atoms with Crippen LogP contribution in [0.1, 0.15) is 34.6 Å². The minimum atomic E-state index is -0.580. The van der Waals surface area contributed by atoms with Crippen molar-refractivity contribution >= 4 is 73.4 Å². The molecule has 12 heteroatoms. The van der Waals surface area contributed by atoms with Gasteiger partial charge in [-0.15, -0.1) is 11.3 Å². The Morgan fingerprint density at radius 1 is 1.17 bits per heavy atom. The summed E-state index contributed by atoms with van der Waals surface area (Å²) >= 11 is 3.77. The fraction of sp³-hybridized carbons (Fsp3) is 0.348. The zero-order chi connectivity index (χ0) is 24.6. The van der Waals surface area contributed by atoms with E-state index in [0.717, 1.165) is 23.8 Å². The van der Waals surface area contributed by atoms with Crippen LogP contribution in [0.4, 0.5) is 11.6 Å². The number of aromatic nitrogens is 2. The number of anilines is 2. The number of alkyl halides is 1. The number of benzene rings is 1. The maximum atomic E-state index is 13.0. The summed E-state index contributed by atoms with van der Waals surface area (Å²) in [5, 5.41) is 9.78. The summed E-state index contributed by atoms with van der Waals surface area (Å²) in [6.07, 6.45) is 1.92. The Morgan fingerprint density at radius 2 is 1.94 bits per heavy atom. The SMILES string of the molecule is Nc1nc(N)c(C(=O)/N=C2\NCC3(CCN(C(=O)Cc4csc5ccccc45)CC3)N2)nc1CI. The van der Waals surface area contributed by atoms with Gasteiger partial charge in [0.1, 0.15) is 5.82 Å². The number of nitrogen functional groups attached to an aromatic ring is 2. The van der Waals surface area contributed by atoms with E-state index in [1.165, 1.54) is 4.70 Å². The quantitative estimate of drug-likeness (QED) is 0.261. The van der Waals surface area contributed by atoms with Crippen LogP contribution in [0.3, 0.4) is 0 Å². The van der Waals surface area contributed by atoms with E-state index in [2.05, 4.69) is 65.7 Å². The second-order valence-corrected chi connectivity index (χ2v) is 10.4. The predicted molar refractivity (Wildman–Crippen MR) is 146 cm³/mol. The molecule has 35 heavy (non-hydrogen) atoms. The van der Waals surface area contributed by atoms with Gasteiger partial charge in [0.2, 0.25) is 5.91 Å². The van der Waals surface area contributed by atoms with E-state index in [0.29, 0.717) is 42.1 Å². The number of hydrogen-bond acceptors (Lipinski definition) is 7. The van der Waals surface area contributed by atoms with Gasteiger partial charge in [0.15, 0.2) is 17.5 Å². The molecule has 10 nitrogen and oxygen atoms in total. The van der Waals surface area contributed by atoms with Crippen LogP contribution in [0.5, 0.6) is 0 Å². The van der Waals surface area contributed by atoms with Crippen molar-refractivity contribution in [3.63, 3.8) is 0 Å². The van der Waals surface area contributed by atoms with E-state index in [9.17, 15) is 9.59 Å². The zero-order valence-corrected chi connectivity index (χ0v) is 21.9. The molecule has 2 aromatic heterocycles. The Bertz CT molecular complexity index is 1330. The first-order chi connectivity index (χ1) is 16.9. The standard InChI is InChI=1S/C23H25IN8O2S/c24-10-15-19(25)29-20(26)18(28-15)21(34)30-22-27-12-23(31-22)5-7-32(8-6-23)17(33)9-13-11-35-16-4-2-1-3-14(13)16/h1-4,11H,5-10,12H2,(H4,25,26,29)(H2,27,30,31,34). The van der Waals surface area contributed by atoms with E-state index in [4.69, 9.17) is 11.5 Å². The minimum Gasteiger partial charge on any atom is -0.382 e. The molecule has 2 aliphatic heterocycles. The van der Waals surface area contributed by atoms with Gasteiger partial charge >= 0.3 is 5.91 Å². The van der Waals surface area contributed by atoms with E-state index in [1.807, 2.05) is 17.0 Å². The van der Waals surface area contributed by atoms with Gasteiger partial charge < -0.3 is 27.0 Å². The van der Waals surface area contributed by atoms with E-state index in [-0.39, 0.29) is 28.8 Å². The Morgan fingerprint density at radius 3 is 2.71 bits per heavy atom. The van der Waals surface area contributed by atoms with Gasteiger partial charge in [-0.1, -0.05) is 40.8 Å². The number of nitrogens with two attached hydrogens (primary N) is 2. The van der Waals surface area contributed by atoms with Crippen molar-refractivity contribution in [2.45, 2.75) is 29.2 Å². The van der Waals surface area contributed by atoms with E-state index < -0.39 is 5.91 Å². The average molecular weight is 604 g/mol. The molecule has 2 aliphatic rings. The second kappa shape index (κ2) is 9.57. The number of carbonyl (C=O) groups excluding carboxylic acids is 2. The first-order valence-electron chi connectivity index (χ1n) is 11.2. The molecule has 2 saturated heterocycles. The van der Waals surface area contributed by atoms with Gasteiger partial charge in [-0.3, -0.25) is 9.59 Å². The van der Waals surface area contributed by atoms with Crippen molar-refractivity contribution in [2.24, 2.45) is 4.99 Å². The lowest BCUT2D eigenvalue weighted by atomic mass is 9.88. The zero-order valence-electron chi connectivity index (χ0n) is 18.9. The number of nitrogens with one attached hydrogen (secondary N) is 2. The molecule has 0 saturated carbocycles. The fourth-order valence-corrected chi connectivity index (χ4v) is 6.02. The van der Waals surface area contributed by atoms with Gasteiger partial charge in [-0.25, -0.2) is 9.97 Å². The first-order valence-corrected chi connectivity index (χ1v) is 13.6. The Labute approximate surface area is 219 Å². The number of aliphatic imine (C=N–C) groups is 1. The lowest BCUT2D eigenvalue weighted by molar-refractivity contribution is -0.132. The van der Waals surface area contributed by atoms with Crippen LogP contribution in [0.2, 0.25) is 0 Å². The fourth-order valence-electron chi connectivity index (χ4n) is 4.50. The highest BCUT2D eigenvalue weighted by Gasteiger charge is 2.40. The van der Waals surface area contributed by atoms with Crippen molar-refractivity contribution < 1.29 is 9.59 Å². The third-order valence-corrected chi connectivity index (χ3v) is 8.26. The van der Waals surface area contributed by atoms with Crippen LogP contribution < -0.4 is 22.1 Å². The number of likely N-dealkylation sites (tertiary alicyclic amines) is 1. The molecule has 4 heterocycles. The van der Waals surface area contributed by atoms with Crippen molar-refractivity contribution in [3.8, 4) is 0 Å². The highest BCUT2D eigenvalue weighted by atomic mass is 127. The topological polar surface area (TPSA) is 152 Å². The number of amides is 2. The number of thiophene rings is 1. The highest BCUT2D eigenvalue weighted by Crippen LogP contribution is 2.28.